The zero-order chi connectivity index (χ0) is 14.6. The van der Waals surface area contributed by atoms with E-state index in [1.165, 1.54) is 11.1 Å². The molecule has 1 atom stereocenters. The summed E-state index contributed by atoms with van der Waals surface area (Å²) in [4.78, 5) is 2.55. The van der Waals surface area contributed by atoms with Gasteiger partial charge in [0.25, 0.3) is 0 Å². The molecule has 0 bridgehead atoms. The monoisotopic (exact) mass is 276 g/mol. The minimum atomic E-state index is -0.0494. The third kappa shape index (κ3) is 4.30. The van der Waals surface area contributed by atoms with E-state index in [-0.39, 0.29) is 5.60 Å². The molecule has 0 fully saturated rings. The molecule has 2 rings (SSSR count). The summed E-state index contributed by atoms with van der Waals surface area (Å²) in [6.45, 7) is 10.2. The molecule has 1 aliphatic rings. The van der Waals surface area contributed by atoms with E-state index in [0.717, 1.165) is 32.7 Å². The van der Waals surface area contributed by atoms with Gasteiger partial charge >= 0.3 is 0 Å². The largest absolute Gasteiger partial charge is 0.375 e. The number of hydrogen-bond donors (Lipinski definition) is 1. The predicted molar refractivity (Wildman–Crippen MR) is 84.0 cm³/mol. The summed E-state index contributed by atoms with van der Waals surface area (Å²) in [6.07, 6.45) is 1.13. The zero-order valence-electron chi connectivity index (χ0n) is 13.3. The summed E-state index contributed by atoms with van der Waals surface area (Å²) >= 11 is 0. The van der Waals surface area contributed by atoms with Crippen molar-refractivity contribution in [2.45, 2.75) is 45.4 Å². The van der Waals surface area contributed by atoms with Crippen LogP contribution in [0.2, 0.25) is 0 Å². The van der Waals surface area contributed by atoms with Crippen molar-refractivity contribution in [3.05, 3.63) is 35.4 Å². The van der Waals surface area contributed by atoms with Gasteiger partial charge < -0.3 is 10.1 Å². The van der Waals surface area contributed by atoms with Crippen LogP contribution in [-0.2, 0) is 17.7 Å². The SMILES string of the molecule is CNCC1Cc2ccccc2CN1CCOC(C)(C)C. The molecule has 0 aromatic heterocycles. The fourth-order valence-electron chi connectivity index (χ4n) is 2.81. The van der Waals surface area contributed by atoms with Crippen molar-refractivity contribution in [3.8, 4) is 0 Å². The minimum Gasteiger partial charge on any atom is -0.375 e. The topological polar surface area (TPSA) is 24.5 Å². The first-order valence-electron chi connectivity index (χ1n) is 7.59. The maximum atomic E-state index is 5.88. The number of nitrogens with one attached hydrogen (secondary N) is 1. The normalized spacial score (nSPS) is 19.9. The van der Waals surface area contributed by atoms with E-state index in [4.69, 9.17) is 4.74 Å². The molecule has 0 spiro atoms. The fourth-order valence-corrected chi connectivity index (χ4v) is 2.81. The highest BCUT2D eigenvalue weighted by Gasteiger charge is 2.25. The number of benzene rings is 1. The van der Waals surface area contributed by atoms with Crippen LogP contribution in [-0.4, -0.2) is 43.3 Å². The summed E-state index contributed by atoms with van der Waals surface area (Å²) in [6, 6.07) is 9.37. The molecule has 20 heavy (non-hydrogen) atoms. The van der Waals surface area contributed by atoms with Crippen molar-refractivity contribution in [2.75, 3.05) is 26.7 Å². The Balaban J connectivity index is 1.99. The summed E-state index contributed by atoms with van der Waals surface area (Å²) < 4.78 is 5.88. The number of fused-ring (bicyclic) bond motifs is 1. The fraction of sp³-hybridized carbons (Fsp3) is 0.647. The smallest absolute Gasteiger partial charge is 0.0600 e. The van der Waals surface area contributed by atoms with Gasteiger partial charge in [0.05, 0.1) is 12.2 Å². The lowest BCUT2D eigenvalue weighted by molar-refractivity contribution is -0.0198. The average Bonchev–Trinajstić information content (AvgIpc) is 2.38. The number of rotatable bonds is 5. The maximum absolute atomic E-state index is 5.88. The third-order valence-electron chi connectivity index (χ3n) is 3.82. The van der Waals surface area contributed by atoms with E-state index in [0.29, 0.717) is 6.04 Å². The van der Waals surface area contributed by atoms with E-state index >= 15 is 0 Å². The molecule has 0 amide bonds. The Labute approximate surface area is 123 Å². The van der Waals surface area contributed by atoms with Crippen molar-refractivity contribution in [1.82, 2.24) is 10.2 Å². The second kappa shape index (κ2) is 6.70. The Kier molecular flexibility index (Phi) is 5.19. The second-order valence-corrected chi connectivity index (χ2v) is 6.62. The van der Waals surface area contributed by atoms with Crippen molar-refractivity contribution < 1.29 is 4.74 Å². The van der Waals surface area contributed by atoms with E-state index in [2.05, 4.69) is 55.3 Å². The molecule has 1 aliphatic heterocycles. The Morgan fingerprint density at radius 2 is 1.95 bits per heavy atom. The first kappa shape index (κ1) is 15.5. The van der Waals surface area contributed by atoms with E-state index in [1.54, 1.807) is 0 Å². The van der Waals surface area contributed by atoms with Gasteiger partial charge in [0.2, 0.25) is 0 Å². The van der Waals surface area contributed by atoms with Gasteiger partial charge in [-0.15, -0.1) is 0 Å². The third-order valence-corrected chi connectivity index (χ3v) is 3.82. The number of hydrogen-bond acceptors (Lipinski definition) is 3. The standard InChI is InChI=1S/C17H28N2O/c1-17(2,3)20-10-9-19-13-15-8-6-5-7-14(15)11-16(19)12-18-4/h5-8,16,18H,9-13H2,1-4H3. The van der Waals surface area contributed by atoms with Crippen LogP contribution in [0.3, 0.4) is 0 Å². The minimum absolute atomic E-state index is 0.0494. The Hall–Kier alpha value is -0.900. The summed E-state index contributed by atoms with van der Waals surface area (Å²) in [5.41, 5.74) is 2.92. The van der Waals surface area contributed by atoms with Crippen LogP contribution in [0.15, 0.2) is 24.3 Å². The quantitative estimate of drug-likeness (QED) is 0.894. The zero-order valence-corrected chi connectivity index (χ0v) is 13.3. The van der Waals surface area contributed by atoms with Crippen LogP contribution in [0.4, 0.5) is 0 Å². The van der Waals surface area contributed by atoms with Gasteiger partial charge in [0.15, 0.2) is 0 Å². The molecule has 1 N–H and O–H groups in total. The van der Waals surface area contributed by atoms with Crippen LogP contribution >= 0.6 is 0 Å². The molecule has 1 unspecified atom stereocenters. The van der Waals surface area contributed by atoms with Gasteiger partial charge in [0, 0.05) is 25.7 Å². The molecular weight excluding hydrogens is 248 g/mol. The number of likely N-dealkylation sites (N-methyl/N-ethyl adjacent to an activating group) is 1. The van der Waals surface area contributed by atoms with Gasteiger partial charge in [-0.3, -0.25) is 4.90 Å². The van der Waals surface area contributed by atoms with Crippen molar-refractivity contribution in [1.29, 1.82) is 0 Å². The Bertz CT molecular complexity index is 425. The number of ether oxygens (including phenoxy) is 1. The first-order valence-corrected chi connectivity index (χ1v) is 7.59. The Morgan fingerprint density at radius 1 is 1.25 bits per heavy atom. The van der Waals surface area contributed by atoms with E-state index in [9.17, 15) is 0 Å². The molecule has 1 aromatic rings. The molecular formula is C17H28N2O. The van der Waals surface area contributed by atoms with Crippen LogP contribution in [0.25, 0.3) is 0 Å². The van der Waals surface area contributed by atoms with E-state index < -0.39 is 0 Å². The van der Waals surface area contributed by atoms with Gasteiger partial charge in [-0.05, 0) is 45.4 Å². The molecule has 0 saturated carbocycles. The lowest BCUT2D eigenvalue weighted by atomic mass is 9.94. The van der Waals surface area contributed by atoms with Gasteiger partial charge in [-0.2, -0.15) is 0 Å². The van der Waals surface area contributed by atoms with Crippen LogP contribution in [0, 0.1) is 0 Å². The second-order valence-electron chi connectivity index (χ2n) is 6.62. The molecule has 0 saturated heterocycles. The summed E-state index contributed by atoms with van der Waals surface area (Å²) in [5, 5.41) is 3.32. The lowest BCUT2D eigenvalue weighted by Crippen LogP contribution is -2.47. The van der Waals surface area contributed by atoms with Gasteiger partial charge in [0.1, 0.15) is 0 Å². The number of nitrogens with zero attached hydrogens (tertiary/aromatic N) is 1. The van der Waals surface area contributed by atoms with Gasteiger partial charge in [-0.1, -0.05) is 24.3 Å². The average molecular weight is 276 g/mol. The van der Waals surface area contributed by atoms with Crippen molar-refractivity contribution >= 4 is 0 Å². The van der Waals surface area contributed by atoms with Crippen LogP contribution in [0.5, 0.6) is 0 Å². The van der Waals surface area contributed by atoms with Gasteiger partial charge in [-0.25, -0.2) is 0 Å². The van der Waals surface area contributed by atoms with Crippen molar-refractivity contribution in [2.24, 2.45) is 0 Å². The first-order chi connectivity index (χ1) is 9.49. The molecule has 0 radical (unpaired) electrons. The molecule has 0 aliphatic carbocycles. The molecule has 3 nitrogen and oxygen atoms in total. The highest BCUT2D eigenvalue weighted by atomic mass is 16.5. The van der Waals surface area contributed by atoms with Crippen molar-refractivity contribution in [3.63, 3.8) is 0 Å². The Morgan fingerprint density at radius 3 is 2.60 bits per heavy atom. The molecule has 1 aromatic carbocycles. The highest BCUT2D eigenvalue weighted by Crippen LogP contribution is 2.23. The highest BCUT2D eigenvalue weighted by molar-refractivity contribution is 5.30. The molecule has 3 heteroatoms. The van der Waals surface area contributed by atoms with Crippen LogP contribution < -0.4 is 5.32 Å². The molecule has 1 heterocycles. The van der Waals surface area contributed by atoms with Crippen LogP contribution in [0.1, 0.15) is 31.9 Å². The summed E-state index contributed by atoms with van der Waals surface area (Å²) in [5.74, 6) is 0. The maximum Gasteiger partial charge on any atom is 0.0600 e. The predicted octanol–water partition coefficient (Wildman–Crippen LogP) is 2.45. The van der Waals surface area contributed by atoms with E-state index in [1.807, 2.05) is 7.05 Å². The summed E-state index contributed by atoms with van der Waals surface area (Å²) in [7, 11) is 2.03. The molecule has 112 valence electrons. The lowest BCUT2D eigenvalue weighted by Gasteiger charge is -2.37.